The molecule has 1 aliphatic heterocycles. The Bertz CT molecular complexity index is 726. The third-order valence-corrected chi connectivity index (χ3v) is 6.34. The topological polar surface area (TPSA) is 72.9 Å². The Morgan fingerprint density at radius 3 is 2.57 bits per heavy atom. The van der Waals surface area contributed by atoms with Crippen molar-refractivity contribution in [2.75, 3.05) is 38.6 Å². The standard InChI is InChI=1S/C23H38N6O/c1-17-8-5-6-10-20(17)27-23(24-16-22(30)28(3)4)26-19-12-14-29(15-13-19)21-11-7-9-18(2)25-21/h7,9,11,17,19-20H,5-6,8,10,12-16H2,1-4H3,(H2,24,26,27). The van der Waals surface area contributed by atoms with Gasteiger partial charge in [0, 0.05) is 45.0 Å². The van der Waals surface area contributed by atoms with Gasteiger partial charge in [0.05, 0.1) is 0 Å². The first-order chi connectivity index (χ1) is 14.4. The zero-order chi connectivity index (χ0) is 21.5. The molecule has 0 spiro atoms. The Balaban J connectivity index is 1.59. The third-order valence-electron chi connectivity index (χ3n) is 6.34. The maximum Gasteiger partial charge on any atom is 0.243 e. The molecule has 3 rings (SSSR count). The number of pyridine rings is 1. The lowest BCUT2D eigenvalue weighted by molar-refractivity contribution is -0.127. The van der Waals surface area contributed by atoms with Crippen molar-refractivity contribution in [3.63, 3.8) is 0 Å². The molecular formula is C23H38N6O. The molecule has 0 radical (unpaired) electrons. The first-order valence-electron chi connectivity index (χ1n) is 11.4. The Morgan fingerprint density at radius 2 is 1.90 bits per heavy atom. The second-order valence-corrected chi connectivity index (χ2v) is 9.01. The number of anilines is 1. The molecule has 0 bridgehead atoms. The summed E-state index contributed by atoms with van der Waals surface area (Å²) in [5, 5.41) is 7.26. The molecule has 1 aromatic heterocycles. The molecule has 1 aliphatic carbocycles. The Hall–Kier alpha value is -2.31. The molecule has 30 heavy (non-hydrogen) atoms. The van der Waals surface area contributed by atoms with Gasteiger partial charge in [-0.25, -0.2) is 9.98 Å². The molecule has 2 unspecified atom stereocenters. The normalized spacial score (nSPS) is 23.2. The van der Waals surface area contributed by atoms with E-state index < -0.39 is 0 Å². The number of amides is 1. The zero-order valence-corrected chi connectivity index (χ0v) is 19.0. The maximum atomic E-state index is 12.1. The number of carbonyl (C=O) groups is 1. The van der Waals surface area contributed by atoms with Crippen LogP contribution >= 0.6 is 0 Å². The molecule has 7 heteroatoms. The molecule has 2 atom stereocenters. The van der Waals surface area contributed by atoms with Gasteiger partial charge in [0.15, 0.2) is 5.96 Å². The summed E-state index contributed by atoms with van der Waals surface area (Å²) in [4.78, 5) is 25.3. The molecule has 1 saturated carbocycles. The molecule has 0 aromatic carbocycles. The van der Waals surface area contributed by atoms with Gasteiger partial charge in [0.1, 0.15) is 12.4 Å². The third kappa shape index (κ3) is 6.34. The van der Waals surface area contributed by atoms with Crippen LogP contribution < -0.4 is 15.5 Å². The summed E-state index contributed by atoms with van der Waals surface area (Å²) in [5.74, 6) is 2.50. The van der Waals surface area contributed by atoms with Crippen molar-refractivity contribution in [1.82, 2.24) is 20.5 Å². The number of carbonyl (C=O) groups excluding carboxylic acids is 1. The van der Waals surface area contributed by atoms with E-state index in [1.54, 1.807) is 19.0 Å². The first-order valence-corrected chi connectivity index (χ1v) is 11.4. The Labute approximate surface area is 181 Å². The summed E-state index contributed by atoms with van der Waals surface area (Å²) >= 11 is 0. The van der Waals surface area contributed by atoms with Crippen molar-refractivity contribution in [3.8, 4) is 0 Å². The zero-order valence-electron chi connectivity index (χ0n) is 19.0. The molecule has 2 N–H and O–H groups in total. The van der Waals surface area contributed by atoms with Crippen LogP contribution in [0.3, 0.4) is 0 Å². The van der Waals surface area contributed by atoms with Gasteiger partial charge in [-0.05, 0) is 50.7 Å². The molecule has 2 fully saturated rings. The first kappa shape index (κ1) is 22.4. The fourth-order valence-corrected chi connectivity index (χ4v) is 4.28. The number of hydrogen-bond donors (Lipinski definition) is 2. The number of nitrogens with one attached hydrogen (secondary N) is 2. The van der Waals surface area contributed by atoms with Gasteiger partial charge in [0.25, 0.3) is 0 Å². The van der Waals surface area contributed by atoms with Gasteiger partial charge in [-0.2, -0.15) is 0 Å². The van der Waals surface area contributed by atoms with Crippen LogP contribution in [0.1, 0.15) is 51.1 Å². The highest BCUT2D eigenvalue weighted by atomic mass is 16.2. The molecule has 1 saturated heterocycles. The second kappa shape index (κ2) is 10.6. The average Bonchev–Trinajstić information content (AvgIpc) is 2.73. The van der Waals surface area contributed by atoms with E-state index in [1.165, 1.54) is 25.7 Å². The van der Waals surface area contributed by atoms with Crippen molar-refractivity contribution < 1.29 is 4.79 Å². The van der Waals surface area contributed by atoms with E-state index in [4.69, 9.17) is 0 Å². The lowest BCUT2D eigenvalue weighted by Crippen LogP contribution is -2.53. The number of nitrogens with zero attached hydrogens (tertiary/aromatic N) is 4. The SMILES string of the molecule is Cc1cccc(N2CCC(NC(=NCC(=O)N(C)C)NC3CCCCC3C)CC2)n1. The summed E-state index contributed by atoms with van der Waals surface area (Å²) in [6.45, 7) is 6.46. The van der Waals surface area contributed by atoms with Crippen molar-refractivity contribution in [2.24, 2.45) is 10.9 Å². The number of aryl methyl sites for hydroxylation is 1. The van der Waals surface area contributed by atoms with Gasteiger partial charge in [0.2, 0.25) is 5.91 Å². The van der Waals surface area contributed by atoms with E-state index in [0.29, 0.717) is 18.0 Å². The summed E-state index contributed by atoms with van der Waals surface area (Å²) in [6, 6.07) is 6.98. The smallest absolute Gasteiger partial charge is 0.243 e. The van der Waals surface area contributed by atoms with E-state index in [1.807, 2.05) is 13.0 Å². The van der Waals surface area contributed by atoms with Crippen LogP contribution in [0.25, 0.3) is 0 Å². The lowest BCUT2D eigenvalue weighted by atomic mass is 9.86. The van der Waals surface area contributed by atoms with Crippen LogP contribution in [-0.2, 0) is 4.79 Å². The molecule has 7 nitrogen and oxygen atoms in total. The Morgan fingerprint density at radius 1 is 1.17 bits per heavy atom. The number of hydrogen-bond acceptors (Lipinski definition) is 4. The summed E-state index contributed by atoms with van der Waals surface area (Å²) < 4.78 is 0. The molecular weight excluding hydrogens is 376 g/mol. The number of aromatic nitrogens is 1. The molecule has 2 heterocycles. The minimum atomic E-state index is 0.0214. The number of likely N-dealkylation sites (N-methyl/N-ethyl adjacent to an activating group) is 1. The van der Waals surface area contributed by atoms with E-state index in [2.05, 4.69) is 44.6 Å². The highest BCUT2D eigenvalue weighted by Gasteiger charge is 2.25. The largest absolute Gasteiger partial charge is 0.356 e. The quantitative estimate of drug-likeness (QED) is 0.572. The van der Waals surface area contributed by atoms with E-state index in [-0.39, 0.29) is 12.5 Å². The summed E-state index contributed by atoms with van der Waals surface area (Å²) in [7, 11) is 3.55. The number of rotatable bonds is 5. The fraction of sp³-hybridized carbons (Fsp3) is 0.696. The molecule has 166 valence electrons. The second-order valence-electron chi connectivity index (χ2n) is 9.01. The average molecular weight is 415 g/mol. The summed E-state index contributed by atoms with van der Waals surface area (Å²) in [5.41, 5.74) is 1.05. The van der Waals surface area contributed by atoms with Crippen molar-refractivity contribution >= 4 is 17.7 Å². The van der Waals surface area contributed by atoms with Gasteiger partial charge in [-0.15, -0.1) is 0 Å². The maximum absolute atomic E-state index is 12.1. The summed E-state index contributed by atoms with van der Waals surface area (Å²) in [6.07, 6.45) is 7.04. The van der Waals surface area contributed by atoms with Crippen LogP contribution in [0.2, 0.25) is 0 Å². The highest BCUT2D eigenvalue weighted by molar-refractivity contribution is 5.85. The van der Waals surface area contributed by atoms with Crippen molar-refractivity contribution in [1.29, 1.82) is 0 Å². The predicted molar refractivity (Wildman–Crippen MR) is 123 cm³/mol. The van der Waals surface area contributed by atoms with Crippen LogP contribution in [0.15, 0.2) is 23.2 Å². The molecule has 1 aromatic rings. The van der Waals surface area contributed by atoms with Crippen LogP contribution in [0.5, 0.6) is 0 Å². The van der Waals surface area contributed by atoms with Crippen LogP contribution in [-0.4, -0.2) is 67.6 Å². The van der Waals surface area contributed by atoms with Gasteiger partial charge >= 0.3 is 0 Å². The van der Waals surface area contributed by atoms with Gasteiger partial charge in [-0.1, -0.05) is 25.8 Å². The van der Waals surface area contributed by atoms with Crippen molar-refractivity contribution in [2.45, 2.75) is 64.5 Å². The number of piperidine rings is 1. The Kier molecular flexibility index (Phi) is 7.94. The van der Waals surface area contributed by atoms with Gasteiger partial charge in [-0.3, -0.25) is 4.79 Å². The van der Waals surface area contributed by atoms with E-state index in [0.717, 1.165) is 43.4 Å². The predicted octanol–water partition coefficient (Wildman–Crippen LogP) is 2.56. The monoisotopic (exact) mass is 414 g/mol. The molecule has 1 amide bonds. The highest BCUT2D eigenvalue weighted by Crippen LogP contribution is 2.24. The fourth-order valence-electron chi connectivity index (χ4n) is 4.28. The minimum Gasteiger partial charge on any atom is -0.356 e. The van der Waals surface area contributed by atoms with Gasteiger partial charge < -0.3 is 20.4 Å². The van der Waals surface area contributed by atoms with Crippen LogP contribution in [0, 0.1) is 12.8 Å². The number of aliphatic imine (C=N–C) groups is 1. The minimum absolute atomic E-state index is 0.0214. The van der Waals surface area contributed by atoms with E-state index >= 15 is 0 Å². The number of guanidine groups is 1. The van der Waals surface area contributed by atoms with E-state index in [9.17, 15) is 4.79 Å². The lowest BCUT2D eigenvalue weighted by Gasteiger charge is -2.36. The molecule has 2 aliphatic rings. The van der Waals surface area contributed by atoms with Crippen molar-refractivity contribution in [3.05, 3.63) is 23.9 Å². The van der Waals surface area contributed by atoms with Crippen LogP contribution in [0.4, 0.5) is 5.82 Å².